The molecule has 0 saturated carbocycles. The lowest BCUT2D eigenvalue weighted by atomic mass is 9.94. The van der Waals surface area contributed by atoms with Crippen molar-refractivity contribution in [1.82, 2.24) is 0 Å². The average Bonchev–Trinajstić information content (AvgIpc) is 2.49. The Morgan fingerprint density at radius 2 is 1.30 bits per heavy atom. The molecule has 0 spiro atoms. The van der Waals surface area contributed by atoms with Crippen LogP contribution in [0.4, 0.5) is 0 Å². The molecule has 0 bridgehead atoms. The Bertz CT molecular complexity index is 718. The summed E-state index contributed by atoms with van der Waals surface area (Å²) in [7, 11) is 0. The van der Waals surface area contributed by atoms with Crippen LogP contribution in [0.15, 0.2) is 72.8 Å². The summed E-state index contributed by atoms with van der Waals surface area (Å²) in [5, 5.41) is 10.1. The van der Waals surface area contributed by atoms with Crippen LogP contribution in [0.3, 0.4) is 0 Å². The molecule has 0 atom stereocenters. The van der Waals surface area contributed by atoms with Crippen molar-refractivity contribution in [1.29, 1.82) is 0 Å². The van der Waals surface area contributed by atoms with E-state index in [9.17, 15) is 5.11 Å². The monoisotopic (exact) mass is 280 g/mol. The molecule has 20 heavy (non-hydrogen) atoms. The van der Waals surface area contributed by atoms with Crippen molar-refractivity contribution in [2.75, 3.05) is 0 Å². The molecule has 0 aliphatic rings. The maximum atomic E-state index is 9.41. The highest BCUT2D eigenvalue weighted by atomic mass is 35.5. The van der Waals surface area contributed by atoms with Gasteiger partial charge in [-0.1, -0.05) is 60.1 Å². The van der Waals surface area contributed by atoms with Crippen LogP contribution < -0.4 is 0 Å². The third kappa shape index (κ3) is 2.54. The number of halogens is 1. The van der Waals surface area contributed by atoms with Crippen LogP contribution in [0.2, 0.25) is 5.02 Å². The van der Waals surface area contributed by atoms with E-state index >= 15 is 0 Å². The molecule has 0 heterocycles. The molecule has 3 aromatic rings. The van der Waals surface area contributed by atoms with Gasteiger partial charge in [-0.25, -0.2) is 0 Å². The van der Waals surface area contributed by atoms with Crippen LogP contribution in [0, 0.1) is 0 Å². The Morgan fingerprint density at radius 3 is 2.00 bits per heavy atom. The van der Waals surface area contributed by atoms with Gasteiger partial charge < -0.3 is 5.11 Å². The van der Waals surface area contributed by atoms with E-state index in [0.29, 0.717) is 5.02 Å². The van der Waals surface area contributed by atoms with Crippen LogP contribution >= 0.6 is 11.6 Å². The largest absolute Gasteiger partial charge is 0.508 e. The standard InChI is InChI=1S/C18H13ClO/c19-15-8-11-17(14-6-9-16(20)10-7-14)18(12-15)13-4-2-1-3-5-13/h1-12,20H. The first kappa shape index (κ1) is 12.8. The minimum atomic E-state index is 0.268. The lowest BCUT2D eigenvalue weighted by molar-refractivity contribution is 0.475. The predicted molar refractivity (Wildman–Crippen MR) is 84.0 cm³/mol. The van der Waals surface area contributed by atoms with E-state index in [0.717, 1.165) is 22.3 Å². The minimum Gasteiger partial charge on any atom is -0.508 e. The lowest BCUT2D eigenvalue weighted by Crippen LogP contribution is -1.85. The van der Waals surface area contributed by atoms with E-state index in [1.54, 1.807) is 12.1 Å². The molecule has 98 valence electrons. The lowest BCUT2D eigenvalue weighted by Gasteiger charge is -2.11. The van der Waals surface area contributed by atoms with Crippen LogP contribution in [-0.2, 0) is 0 Å². The number of phenols is 1. The van der Waals surface area contributed by atoms with Crippen molar-refractivity contribution in [3.8, 4) is 28.0 Å². The summed E-state index contributed by atoms with van der Waals surface area (Å²) in [5.41, 5.74) is 4.36. The molecule has 0 fully saturated rings. The molecule has 2 heteroatoms. The molecule has 0 saturated heterocycles. The maximum Gasteiger partial charge on any atom is 0.115 e. The first-order valence-corrected chi connectivity index (χ1v) is 6.76. The van der Waals surface area contributed by atoms with Gasteiger partial charge in [0.15, 0.2) is 0 Å². The highest BCUT2D eigenvalue weighted by molar-refractivity contribution is 6.31. The molecule has 0 amide bonds. The van der Waals surface area contributed by atoms with Crippen molar-refractivity contribution < 1.29 is 5.11 Å². The summed E-state index contributed by atoms with van der Waals surface area (Å²) in [5.74, 6) is 0.268. The van der Waals surface area contributed by atoms with Gasteiger partial charge in [-0.2, -0.15) is 0 Å². The third-order valence-corrected chi connectivity index (χ3v) is 3.48. The molecular formula is C18H13ClO. The fourth-order valence-corrected chi connectivity index (χ4v) is 2.44. The van der Waals surface area contributed by atoms with Gasteiger partial charge in [-0.15, -0.1) is 0 Å². The normalized spacial score (nSPS) is 10.4. The second kappa shape index (κ2) is 5.40. The van der Waals surface area contributed by atoms with Gasteiger partial charge >= 0.3 is 0 Å². The summed E-state index contributed by atoms with van der Waals surface area (Å²) in [6.07, 6.45) is 0. The first-order valence-electron chi connectivity index (χ1n) is 6.38. The van der Waals surface area contributed by atoms with Crippen LogP contribution in [0.5, 0.6) is 5.75 Å². The Kier molecular flexibility index (Phi) is 3.44. The summed E-state index contributed by atoms with van der Waals surface area (Å²) in [6.45, 7) is 0. The summed E-state index contributed by atoms with van der Waals surface area (Å²) < 4.78 is 0. The number of phenolic OH excluding ortho intramolecular Hbond substituents is 1. The van der Waals surface area contributed by atoms with E-state index in [2.05, 4.69) is 12.1 Å². The van der Waals surface area contributed by atoms with Gasteiger partial charge in [0, 0.05) is 5.02 Å². The van der Waals surface area contributed by atoms with Crippen LogP contribution in [0.25, 0.3) is 22.3 Å². The summed E-state index contributed by atoms with van der Waals surface area (Å²) in [4.78, 5) is 0. The second-order valence-electron chi connectivity index (χ2n) is 4.60. The van der Waals surface area contributed by atoms with Crippen molar-refractivity contribution >= 4 is 11.6 Å². The van der Waals surface area contributed by atoms with E-state index in [1.165, 1.54) is 0 Å². The smallest absolute Gasteiger partial charge is 0.115 e. The molecule has 0 aromatic heterocycles. The molecule has 0 unspecified atom stereocenters. The zero-order chi connectivity index (χ0) is 13.9. The fraction of sp³-hybridized carbons (Fsp3) is 0. The van der Waals surface area contributed by atoms with Gasteiger partial charge in [0.2, 0.25) is 0 Å². The number of aromatic hydroxyl groups is 1. The van der Waals surface area contributed by atoms with Crippen molar-refractivity contribution in [3.63, 3.8) is 0 Å². The topological polar surface area (TPSA) is 20.2 Å². The fourth-order valence-electron chi connectivity index (χ4n) is 2.27. The SMILES string of the molecule is Oc1ccc(-c2ccc(Cl)cc2-c2ccccc2)cc1. The van der Waals surface area contributed by atoms with Gasteiger partial charge in [0.25, 0.3) is 0 Å². The van der Waals surface area contributed by atoms with Crippen LogP contribution in [-0.4, -0.2) is 5.11 Å². The van der Waals surface area contributed by atoms with Gasteiger partial charge in [-0.3, -0.25) is 0 Å². The van der Waals surface area contributed by atoms with Gasteiger partial charge in [-0.05, 0) is 46.5 Å². The number of benzene rings is 3. The van der Waals surface area contributed by atoms with E-state index in [-0.39, 0.29) is 5.75 Å². The average molecular weight is 281 g/mol. The molecule has 1 nitrogen and oxygen atoms in total. The maximum absolute atomic E-state index is 9.41. The molecule has 0 aliphatic carbocycles. The third-order valence-electron chi connectivity index (χ3n) is 3.24. The Balaban J connectivity index is 2.19. The summed E-state index contributed by atoms with van der Waals surface area (Å²) in [6, 6.07) is 23.2. The van der Waals surface area contributed by atoms with E-state index in [4.69, 9.17) is 11.6 Å². The Labute approximate surface area is 123 Å². The molecule has 0 radical (unpaired) electrons. The van der Waals surface area contributed by atoms with Crippen LogP contribution in [0.1, 0.15) is 0 Å². The molecule has 1 N–H and O–H groups in total. The zero-order valence-corrected chi connectivity index (χ0v) is 11.5. The molecular weight excluding hydrogens is 268 g/mol. The molecule has 3 rings (SSSR count). The minimum absolute atomic E-state index is 0.268. The molecule has 3 aromatic carbocycles. The second-order valence-corrected chi connectivity index (χ2v) is 5.04. The number of hydrogen-bond donors (Lipinski definition) is 1. The number of rotatable bonds is 2. The predicted octanol–water partition coefficient (Wildman–Crippen LogP) is 5.38. The van der Waals surface area contributed by atoms with Crippen molar-refractivity contribution in [3.05, 3.63) is 77.8 Å². The Hall–Kier alpha value is -2.25. The molecule has 0 aliphatic heterocycles. The zero-order valence-electron chi connectivity index (χ0n) is 10.8. The van der Waals surface area contributed by atoms with E-state index < -0.39 is 0 Å². The number of hydrogen-bond acceptors (Lipinski definition) is 1. The quantitative estimate of drug-likeness (QED) is 0.668. The summed E-state index contributed by atoms with van der Waals surface area (Å²) >= 11 is 6.14. The highest BCUT2D eigenvalue weighted by Crippen LogP contribution is 2.34. The van der Waals surface area contributed by atoms with Crippen molar-refractivity contribution in [2.45, 2.75) is 0 Å². The van der Waals surface area contributed by atoms with Gasteiger partial charge in [0.05, 0.1) is 0 Å². The highest BCUT2D eigenvalue weighted by Gasteiger charge is 2.08. The van der Waals surface area contributed by atoms with E-state index in [1.807, 2.05) is 48.5 Å². The Morgan fingerprint density at radius 1 is 0.650 bits per heavy atom. The first-order chi connectivity index (χ1) is 9.74. The van der Waals surface area contributed by atoms with Crippen molar-refractivity contribution in [2.24, 2.45) is 0 Å². The van der Waals surface area contributed by atoms with Gasteiger partial charge in [0.1, 0.15) is 5.75 Å².